The summed E-state index contributed by atoms with van der Waals surface area (Å²) in [7, 11) is 0. The minimum Gasteiger partial charge on any atom is -0.478 e. The van der Waals surface area contributed by atoms with Crippen molar-refractivity contribution in [2.24, 2.45) is 0 Å². The molecule has 108 valence electrons. The highest BCUT2D eigenvalue weighted by molar-refractivity contribution is 7.99. The van der Waals surface area contributed by atoms with Crippen LogP contribution < -0.4 is 5.32 Å². The van der Waals surface area contributed by atoms with E-state index in [1.54, 1.807) is 11.8 Å². The maximum Gasteiger partial charge on any atom is 0.338 e. The number of nitro benzene ring substituents is 1. The van der Waals surface area contributed by atoms with Crippen molar-refractivity contribution in [2.75, 3.05) is 11.6 Å². The smallest absolute Gasteiger partial charge is 0.338 e. The molecule has 1 aromatic rings. The summed E-state index contributed by atoms with van der Waals surface area (Å²) >= 11 is 1.76. The topological polar surface area (TPSA) is 92.5 Å². The standard InChI is InChI=1S/C13H16N2O4S/c1-20-12-4-2-3-11(12)14-10-6-5-8(15(18)19)7-9(10)13(16)17/h5-7,11-12,14H,2-4H2,1H3,(H,16,17). The number of thioether (sulfide) groups is 1. The molecule has 0 heterocycles. The van der Waals surface area contributed by atoms with E-state index in [2.05, 4.69) is 5.32 Å². The highest BCUT2D eigenvalue weighted by atomic mass is 32.2. The van der Waals surface area contributed by atoms with Crippen LogP contribution in [-0.4, -0.2) is 33.5 Å². The van der Waals surface area contributed by atoms with E-state index < -0.39 is 10.9 Å². The predicted molar refractivity (Wildman–Crippen MR) is 78.6 cm³/mol. The summed E-state index contributed by atoms with van der Waals surface area (Å²) in [4.78, 5) is 21.4. The molecule has 0 aromatic heterocycles. The number of rotatable bonds is 5. The number of carboxylic acid groups (broad SMARTS) is 1. The minimum absolute atomic E-state index is 0.0500. The number of nitrogens with zero attached hydrogens (tertiary/aromatic N) is 1. The van der Waals surface area contributed by atoms with E-state index in [1.807, 2.05) is 6.26 Å². The fourth-order valence-electron chi connectivity index (χ4n) is 2.52. The fraction of sp³-hybridized carbons (Fsp3) is 0.462. The number of non-ortho nitro benzene ring substituents is 1. The Morgan fingerprint density at radius 1 is 1.50 bits per heavy atom. The van der Waals surface area contributed by atoms with Crippen LogP contribution in [0.25, 0.3) is 0 Å². The van der Waals surface area contributed by atoms with Crippen LogP contribution in [0.2, 0.25) is 0 Å². The predicted octanol–water partition coefficient (Wildman–Crippen LogP) is 2.99. The molecule has 1 aromatic carbocycles. The molecule has 0 spiro atoms. The van der Waals surface area contributed by atoms with Crippen LogP contribution in [-0.2, 0) is 0 Å². The molecule has 2 rings (SSSR count). The van der Waals surface area contributed by atoms with Gasteiger partial charge in [0.1, 0.15) is 0 Å². The quantitative estimate of drug-likeness (QED) is 0.641. The highest BCUT2D eigenvalue weighted by Crippen LogP contribution is 2.32. The maximum absolute atomic E-state index is 11.3. The van der Waals surface area contributed by atoms with Gasteiger partial charge in [-0.15, -0.1) is 0 Å². The van der Waals surface area contributed by atoms with E-state index in [1.165, 1.54) is 12.1 Å². The van der Waals surface area contributed by atoms with E-state index in [9.17, 15) is 20.0 Å². The molecule has 2 atom stereocenters. The van der Waals surface area contributed by atoms with E-state index in [-0.39, 0.29) is 17.3 Å². The lowest BCUT2D eigenvalue weighted by atomic mass is 10.1. The molecule has 2 unspecified atom stereocenters. The van der Waals surface area contributed by atoms with E-state index in [0.29, 0.717) is 10.9 Å². The summed E-state index contributed by atoms with van der Waals surface area (Å²) < 4.78 is 0. The zero-order valence-corrected chi connectivity index (χ0v) is 11.9. The Labute approximate surface area is 120 Å². The van der Waals surface area contributed by atoms with Crippen molar-refractivity contribution in [1.29, 1.82) is 0 Å². The molecule has 1 aliphatic rings. The van der Waals surface area contributed by atoms with E-state index >= 15 is 0 Å². The zero-order valence-electron chi connectivity index (χ0n) is 11.0. The first-order valence-electron chi connectivity index (χ1n) is 6.34. The zero-order chi connectivity index (χ0) is 14.7. The van der Waals surface area contributed by atoms with Crippen LogP contribution in [0.15, 0.2) is 18.2 Å². The summed E-state index contributed by atoms with van der Waals surface area (Å²) in [5.74, 6) is -1.16. The van der Waals surface area contributed by atoms with Gasteiger partial charge in [0.05, 0.1) is 10.5 Å². The average molecular weight is 296 g/mol. The number of hydrogen-bond donors (Lipinski definition) is 2. The van der Waals surface area contributed by atoms with Gasteiger partial charge in [-0.3, -0.25) is 10.1 Å². The van der Waals surface area contributed by atoms with Crippen LogP contribution in [0.5, 0.6) is 0 Å². The van der Waals surface area contributed by atoms with Crippen molar-refractivity contribution < 1.29 is 14.8 Å². The van der Waals surface area contributed by atoms with E-state index in [4.69, 9.17) is 0 Å². The first-order valence-corrected chi connectivity index (χ1v) is 7.62. The molecule has 7 heteroatoms. The number of nitro groups is 1. The second-order valence-corrected chi connectivity index (χ2v) is 5.82. The largest absolute Gasteiger partial charge is 0.478 e. The Morgan fingerprint density at radius 3 is 2.85 bits per heavy atom. The lowest BCUT2D eigenvalue weighted by Crippen LogP contribution is -2.26. The van der Waals surface area contributed by atoms with Gasteiger partial charge in [0.2, 0.25) is 0 Å². The lowest BCUT2D eigenvalue weighted by Gasteiger charge is -2.21. The normalized spacial score (nSPS) is 21.6. The summed E-state index contributed by atoms with van der Waals surface area (Å²) in [5, 5.41) is 23.6. The van der Waals surface area contributed by atoms with Gasteiger partial charge in [-0.1, -0.05) is 6.42 Å². The Morgan fingerprint density at radius 2 is 2.25 bits per heavy atom. The second-order valence-electron chi connectivity index (χ2n) is 4.75. The number of hydrogen-bond acceptors (Lipinski definition) is 5. The van der Waals surface area contributed by atoms with Crippen molar-refractivity contribution in [3.05, 3.63) is 33.9 Å². The SMILES string of the molecule is CSC1CCCC1Nc1ccc([N+](=O)[O-])cc1C(=O)O. The van der Waals surface area contributed by atoms with E-state index in [0.717, 1.165) is 25.3 Å². The second kappa shape index (κ2) is 6.13. The molecule has 0 amide bonds. The first kappa shape index (κ1) is 14.6. The Kier molecular flexibility index (Phi) is 4.49. The molecular formula is C13H16N2O4S. The molecule has 0 bridgehead atoms. The van der Waals surface area contributed by atoms with Gasteiger partial charge in [-0.25, -0.2) is 4.79 Å². The van der Waals surface area contributed by atoms with Crippen molar-refractivity contribution in [1.82, 2.24) is 0 Å². The van der Waals surface area contributed by atoms with Gasteiger partial charge in [-0.05, 0) is 25.2 Å². The summed E-state index contributed by atoms with van der Waals surface area (Å²) in [6.07, 6.45) is 5.24. The van der Waals surface area contributed by atoms with Crippen LogP contribution in [0.4, 0.5) is 11.4 Å². The van der Waals surface area contributed by atoms with Gasteiger partial charge in [0.25, 0.3) is 5.69 Å². The third-order valence-electron chi connectivity index (χ3n) is 3.54. The number of benzene rings is 1. The molecule has 6 nitrogen and oxygen atoms in total. The molecule has 1 fully saturated rings. The van der Waals surface area contributed by atoms with Gasteiger partial charge < -0.3 is 10.4 Å². The third kappa shape index (κ3) is 3.04. The molecule has 2 N–H and O–H groups in total. The number of anilines is 1. The van der Waals surface area contributed by atoms with Gasteiger partial charge in [0.15, 0.2) is 0 Å². The van der Waals surface area contributed by atoms with Gasteiger partial charge >= 0.3 is 5.97 Å². The number of nitrogens with one attached hydrogen (secondary N) is 1. The van der Waals surface area contributed by atoms with Crippen molar-refractivity contribution in [3.63, 3.8) is 0 Å². The maximum atomic E-state index is 11.3. The number of carboxylic acids is 1. The lowest BCUT2D eigenvalue weighted by molar-refractivity contribution is -0.384. The fourth-order valence-corrected chi connectivity index (χ4v) is 3.46. The monoisotopic (exact) mass is 296 g/mol. The van der Waals surface area contributed by atoms with Crippen LogP contribution >= 0.6 is 11.8 Å². The average Bonchev–Trinajstić information content (AvgIpc) is 2.85. The first-order chi connectivity index (χ1) is 9.52. The summed E-state index contributed by atoms with van der Waals surface area (Å²) in [6, 6.07) is 4.13. The van der Waals surface area contributed by atoms with Crippen molar-refractivity contribution in [3.8, 4) is 0 Å². The molecule has 0 saturated heterocycles. The number of aromatic carboxylic acids is 1. The van der Waals surface area contributed by atoms with Crippen LogP contribution in [0.3, 0.4) is 0 Å². The van der Waals surface area contributed by atoms with Gasteiger partial charge in [-0.2, -0.15) is 11.8 Å². The molecule has 1 saturated carbocycles. The number of carbonyl (C=O) groups is 1. The molecular weight excluding hydrogens is 280 g/mol. The van der Waals surface area contributed by atoms with Crippen LogP contribution in [0, 0.1) is 10.1 Å². The minimum atomic E-state index is -1.16. The molecule has 0 aliphatic heterocycles. The highest BCUT2D eigenvalue weighted by Gasteiger charge is 2.27. The Bertz CT molecular complexity index is 535. The van der Waals surface area contributed by atoms with Crippen molar-refractivity contribution >= 4 is 29.1 Å². The third-order valence-corrected chi connectivity index (χ3v) is 4.71. The molecule has 20 heavy (non-hydrogen) atoms. The summed E-state index contributed by atoms with van der Waals surface area (Å²) in [6.45, 7) is 0. The van der Waals surface area contributed by atoms with Crippen LogP contribution in [0.1, 0.15) is 29.6 Å². The molecule has 0 radical (unpaired) electrons. The Balaban J connectivity index is 2.27. The summed E-state index contributed by atoms with van der Waals surface area (Å²) in [5.41, 5.74) is 0.195. The Hall–Kier alpha value is -1.76. The van der Waals surface area contributed by atoms with Crippen molar-refractivity contribution in [2.45, 2.75) is 30.6 Å². The molecule has 1 aliphatic carbocycles. The van der Waals surface area contributed by atoms with Gasteiger partial charge in [0, 0.05) is 29.1 Å².